The van der Waals surface area contributed by atoms with Gasteiger partial charge >= 0.3 is 5.69 Å². The second-order valence-electron chi connectivity index (χ2n) is 3.72. The third kappa shape index (κ3) is 4.54. The van der Waals surface area contributed by atoms with Gasteiger partial charge < -0.3 is 9.47 Å². The second kappa shape index (κ2) is 7.03. The van der Waals surface area contributed by atoms with Gasteiger partial charge in [0.25, 0.3) is 5.56 Å². The number of ether oxygens (including phenoxy) is 2. The van der Waals surface area contributed by atoms with Crippen LogP contribution in [0.5, 0.6) is 0 Å². The predicted octanol–water partition coefficient (Wildman–Crippen LogP) is -0.102. The van der Waals surface area contributed by atoms with Crippen LogP contribution in [0.25, 0.3) is 0 Å². The highest BCUT2D eigenvalue weighted by atomic mass is 16.5. The molecule has 1 heterocycles. The van der Waals surface area contributed by atoms with Gasteiger partial charge in [-0.1, -0.05) is 0 Å². The lowest BCUT2D eigenvalue weighted by Crippen LogP contribution is -2.31. The molecule has 1 aromatic heterocycles. The number of hydrogen-bond acceptors (Lipinski definition) is 4. The summed E-state index contributed by atoms with van der Waals surface area (Å²) < 4.78 is 11.7. The first kappa shape index (κ1) is 13.7. The van der Waals surface area contributed by atoms with Crippen LogP contribution in [0.3, 0.4) is 0 Å². The van der Waals surface area contributed by atoms with E-state index in [1.165, 1.54) is 4.57 Å². The average molecular weight is 242 g/mol. The Balaban J connectivity index is 2.39. The summed E-state index contributed by atoms with van der Waals surface area (Å²) in [6.07, 6.45) is 2.37. The van der Waals surface area contributed by atoms with E-state index < -0.39 is 5.69 Å². The fourth-order valence-electron chi connectivity index (χ4n) is 1.35. The maximum atomic E-state index is 11.4. The van der Waals surface area contributed by atoms with Crippen molar-refractivity contribution in [3.05, 3.63) is 32.6 Å². The van der Waals surface area contributed by atoms with E-state index in [0.717, 1.165) is 6.42 Å². The highest BCUT2D eigenvalue weighted by Gasteiger charge is 2.00. The summed E-state index contributed by atoms with van der Waals surface area (Å²) in [5.74, 6) is 0. The Morgan fingerprint density at radius 3 is 2.76 bits per heavy atom. The predicted molar refractivity (Wildman–Crippen MR) is 63.4 cm³/mol. The Bertz CT molecular complexity index is 450. The minimum absolute atomic E-state index is 0.340. The zero-order valence-corrected chi connectivity index (χ0v) is 10.2. The average Bonchev–Trinajstić information content (AvgIpc) is 2.30. The number of aromatic nitrogens is 2. The molecule has 1 rings (SSSR count). The fraction of sp³-hybridized carbons (Fsp3) is 0.636. The van der Waals surface area contributed by atoms with Crippen LogP contribution < -0.4 is 11.2 Å². The van der Waals surface area contributed by atoms with Crippen molar-refractivity contribution in [3.63, 3.8) is 0 Å². The van der Waals surface area contributed by atoms with Crippen molar-refractivity contribution in [3.8, 4) is 0 Å². The molecule has 1 aromatic rings. The van der Waals surface area contributed by atoms with Gasteiger partial charge in [-0.05, 0) is 13.3 Å². The molecule has 0 unspecified atom stereocenters. The molecule has 0 saturated carbocycles. The first-order chi connectivity index (χ1) is 8.15. The minimum Gasteiger partial charge on any atom is -0.385 e. The summed E-state index contributed by atoms with van der Waals surface area (Å²) in [7, 11) is 1.64. The number of nitrogens with zero attached hydrogens (tertiary/aromatic N) is 1. The molecule has 0 aliphatic heterocycles. The molecular formula is C11H18N2O4. The zero-order valence-electron chi connectivity index (χ0n) is 10.2. The van der Waals surface area contributed by atoms with Crippen molar-refractivity contribution in [1.29, 1.82) is 0 Å². The molecule has 0 spiro atoms. The van der Waals surface area contributed by atoms with Crippen molar-refractivity contribution in [2.24, 2.45) is 0 Å². The van der Waals surface area contributed by atoms with Crippen molar-refractivity contribution in [1.82, 2.24) is 9.55 Å². The lowest BCUT2D eigenvalue weighted by Gasteiger charge is -2.06. The Hall–Kier alpha value is -1.40. The number of methoxy groups -OCH3 is 1. The summed E-state index contributed by atoms with van der Waals surface area (Å²) >= 11 is 0. The second-order valence-corrected chi connectivity index (χ2v) is 3.72. The van der Waals surface area contributed by atoms with E-state index in [1.807, 2.05) is 0 Å². The lowest BCUT2D eigenvalue weighted by molar-refractivity contribution is 0.0970. The molecule has 0 bridgehead atoms. The summed E-state index contributed by atoms with van der Waals surface area (Å²) in [5, 5.41) is 0. The molecule has 6 nitrogen and oxygen atoms in total. The van der Waals surface area contributed by atoms with Gasteiger partial charge in [-0.15, -0.1) is 0 Å². The summed E-state index contributed by atoms with van der Waals surface area (Å²) in [4.78, 5) is 24.8. The van der Waals surface area contributed by atoms with E-state index in [-0.39, 0.29) is 5.56 Å². The van der Waals surface area contributed by atoms with Crippen LogP contribution in [0, 0.1) is 6.92 Å². The van der Waals surface area contributed by atoms with Crippen LogP contribution in [0.2, 0.25) is 0 Å². The SMILES string of the molecule is COCCCOCCn1cc(C)c(=O)[nH]c1=O. The molecule has 0 radical (unpaired) electrons. The molecule has 17 heavy (non-hydrogen) atoms. The molecule has 0 amide bonds. The van der Waals surface area contributed by atoms with E-state index in [0.29, 0.717) is 31.9 Å². The maximum absolute atomic E-state index is 11.4. The lowest BCUT2D eigenvalue weighted by atomic mass is 10.4. The minimum atomic E-state index is -0.402. The Morgan fingerprint density at radius 1 is 1.29 bits per heavy atom. The van der Waals surface area contributed by atoms with Crippen LogP contribution >= 0.6 is 0 Å². The van der Waals surface area contributed by atoms with Crippen LogP contribution in [0.15, 0.2) is 15.8 Å². The normalized spacial score (nSPS) is 10.7. The smallest absolute Gasteiger partial charge is 0.328 e. The fourth-order valence-corrected chi connectivity index (χ4v) is 1.35. The molecule has 0 aromatic carbocycles. The van der Waals surface area contributed by atoms with E-state index in [9.17, 15) is 9.59 Å². The summed E-state index contributed by atoms with van der Waals surface area (Å²) in [6.45, 7) is 3.80. The third-order valence-electron chi connectivity index (χ3n) is 2.30. The highest BCUT2D eigenvalue weighted by molar-refractivity contribution is 5.00. The third-order valence-corrected chi connectivity index (χ3v) is 2.30. The molecule has 0 saturated heterocycles. The molecule has 1 N–H and O–H groups in total. The maximum Gasteiger partial charge on any atom is 0.328 e. The number of H-pyrrole nitrogens is 1. The van der Waals surface area contributed by atoms with E-state index in [4.69, 9.17) is 9.47 Å². The van der Waals surface area contributed by atoms with Crippen molar-refractivity contribution < 1.29 is 9.47 Å². The monoisotopic (exact) mass is 242 g/mol. The van der Waals surface area contributed by atoms with E-state index in [1.54, 1.807) is 20.2 Å². The van der Waals surface area contributed by atoms with Gasteiger partial charge in [0.1, 0.15) is 0 Å². The topological polar surface area (TPSA) is 73.3 Å². The first-order valence-corrected chi connectivity index (χ1v) is 5.52. The van der Waals surface area contributed by atoms with E-state index >= 15 is 0 Å². The number of nitrogens with one attached hydrogen (secondary N) is 1. The summed E-state index contributed by atoms with van der Waals surface area (Å²) in [6, 6.07) is 0. The first-order valence-electron chi connectivity index (χ1n) is 5.52. The van der Waals surface area contributed by atoms with Crippen molar-refractivity contribution in [2.75, 3.05) is 26.9 Å². The Morgan fingerprint density at radius 2 is 2.06 bits per heavy atom. The van der Waals surface area contributed by atoms with Gasteiger partial charge in [0.2, 0.25) is 0 Å². The molecule has 0 aliphatic rings. The Kier molecular flexibility index (Phi) is 5.65. The van der Waals surface area contributed by atoms with Gasteiger partial charge in [0.05, 0.1) is 13.2 Å². The molecular weight excluding hydrogens is 224 g/mol. The number of rotatable bonds is 7. The van der Waals surface area contributed by atoms with Crippen molar-refractivity contribution in [2.45, 2.75) is 19.9 Å². The quantitative estimate of drug-likeness (QED) is 0.677. The number of aryl methyl sites for hydroxylation is 1. The number of aromatic amines is 1. The molecule has 0 fully saturated rings. The summed E-state index contributed by atoms with van der Waals surface area (Å²) in [5.41, 5.74) is -0.225. The highest BCUT2D eigenvalue weighted by Crippen LogP contribution is 1.87. The van der Waals surface area contributed by atoms with Gasteiger partial charge in [-0.2, -0.15) is 0 Å². The molecule has 0 atom stereocenters. The Labute approximate surface area is 99.2 Å². The van der Waals surface area contributed by atoms with Gasteiger partial charge in [0.15, 0.2) is 0 Å². The standard InChI is InChI=1S/C11H18N2O4/c1-9-8-13(11(15)12-10(9)14)4-7-17-6-3-5-16-2/h8H,3-7H2,1-2H3,(H,12,14,15). The van der Waals surface area contributed by atoms with Crippen LogP contribution in [0.1, 0.15) is 12.0 Å². The molecule has 0 aliphatic carbocycles. The van der Waals surface area contributed by atoms with Gasteiger partial charge in [0, 0.05) is 32.1 Å². The number of hydrogen-bond donors (Lipinski definition) is 1. The van der Waals surface area contributed by atoms with Gasteiger partial charge in [-0.25, -0.2) is 4.79 Å². The molecule has 6 heteroatoms. The zero-order chi connectivity index (χ0) is 12.7. The van der Waals surface area contributed by atoms with Crippen LogP contribution in [0.4, 0.5) is 0 Å². The van der Waals surface area contributed by atoms with Crippen LogP contribution in [-0.4, -0.2) is 36.5 Å². The van der Waals surface area contributed by atoms with Crippen LogP contribution in [-0.2, 0) is 16.0 Å². The van der Waals surface area contributed by atoms with E-state index in [2.05, 4.69) is 4.98 Å². The molecule has 96 valence electrons. The van der Waals surface area contributed by atoms with Gasteiger partial charge in [-0.3, -0.25) is 14.3 Å². The largest absolute Gasteiger partial charge is 0.385 e. The van der Waals surface area contributed by atoms with Crippen molar-refractivity contribution >= 4 is 0 Å².